The molecular weight excluding hydrogens is 374 g/mol. The highest BCUT2D eigenvalue weighted by Crippen LogP contribution is 2.39. The lowest BCUT2D eigenvalue weighted by Gasteiger charge is -2.30. The first kappa shape index (κ1) is 19.2. The van der Waals surface area contributed by atoms with Crippen LogP contribution in [0.3, 0.4) is 0 Å². The Kier molecular flexibility index (Phi) is 4.42. The van der Waals surface area contributed by atoms with E-state index >= 15 is 0 Å². The van der Waals surface area contributed by atoms with Gasteiger partial charge in [0.2, 0.25) is 0 Å². The molecule has 0 amide bonds. The first-order valence-corrected chi connectivity index (χ1v) is 11.1. The maximum Gasteiger partial charge on any atom is 0.165 e. The summed E-state index contributed by atoms with van der Waals surface area (Å²) in [6.45, 7) is 6.39. The number of nitrogens with one attached hydrogen (secondary N) is 2. The molecule has 6 nitrogen and oxygen atoms in total. The van der Waals surface area contributed by atoms with E-state index in [0.29, 0.717) is 18.3 Å². The normalized spacial score (nSPS) is 19.2. The number of nitrogens with zero attached hydrogens (tertiary/aromatic N) is 2. The number of carbonyl (C=O) groups excluding carboxylic acids is 1. The zero-order valence-corrected chi connectivity index (χ0v) is 18.1. The molecule has 2 aliphatic rings. The fourth-order valence-corrected chi connectivity index (χ4v) is 5.39. The molecule has 0 bridgehead atoms. The first-order valence-electron chi connectivity index (χ1n) is 11.1. The number of ketones is 1. The van der Waals surface area contributed by atoms with Gasteiger partial charge in [0.05, 0.1) is 10.9 Å². The van der Waals surface area contributed by atoms with Crippen LogP contribution in [-0.4, -0.2) is 26.6 Å². The van der Waals surface area contributed by atoms with Crippen LogP contribution in [0.1, 0.15) is 74.0 Å². The lowest BCUT2D eigenvalue weighted by Crippen LogP contribution is -2.28. The first-order chi connectivity index (χ1) is 14.3. The lowest BCUT2D eigenvalue weighted by molar-refractivity contribution is 0.0910. The molecule has 6 heteroatoms. The molecule has 5 rings (SSSR count). The van der Waals surface area contributed by atoms with Gasteiger partial charge in [0.15, 0.2) is 11.6 Å². The number of H-pyrrole nitrogens is 1. The number of rotatable bonds is 3. The van der Waals surface area contributed by atoms with Gasteiger partial charge in [-0.2, -0.15) is 5.10 Å². The number of hydrogen-bond acceptors (Lipinski definition) is 4. The van der Waals surface area contributed by atoms with Crippen LogP contribution in [0.25, 0.3) is 16.6 Å². The van der Waals surface area contributed by atoms with Crippen LogP contribution in [-0.2, 0) is 6.42 Å². The van der Waals surface area contributed by atoms with E-state index in [9.17, 15) is 4.79 Å². The average Bonchev–Trinajstić information content (AvgIpc) is 3.22. The van der Waals surface area contributed by atoms with Gasteiger partial charge in [-0.25, -0.2) is 0 Å². The van der Waals surface area contributed by atoms with Crippen molar-refractivity contribution in [3.8, 4) is 5.69 Å². The highest BCUT2D eigenvalue weighted by molar-refractivity contribution is 6.02. The van der Waals surface area contributed by atoms with Crippen LogP contribution >= 0.6 is 0 Å². The Morgan fingerprint density at radius 1 is 1.20 bits per heavy atom. The van der Waals surface area contributed by atoms with E-state index in [4.69, 9.17) is 5.73 Å². The van der Waals surface area contributed by atoms with Crippen molar-refractivity contribution >= 4 is 28.2 Å². The zero-order chi connectivity index (χ0) is 21.0. The Labute approximate surface area is 177 Å². The summed E-state index contributed by atoms with van der Waals surface area (Å²) in [6, 6.07) is 4.73. The summed E-state index contributed by atoms with van der Waals surface area (Å²) in [5.41, 5.74) is 12.2. The van der Waals surface area contributed by atoms with Gasteiger partial charge in [-0.3, -0.25) is 9.89 Å². The summed E-state index contributed by atoms with van der Waals surface area (Å²) < 4.78 is 2.20. The number of nitrogens with two attached hydrogens (primary N) is 1. The third-order valence-corrected chi connectivity index (χ3v) is 6.78. The largest absolute Gasteiger partial charge is 0.382 e. The van der Waals surface area contributed by atoms with Crippen molar-refractivity contribution in [2.75, 3.05) is 11.1 Å². The van der Waals surface area contributed by atoms with Gasteiger partial charge < -0.3 is 15.6 Å². The van der Waals surface area contributed by atoms with Crippen LogP contribution < -0.4 is 11.1 Å². The molecule has 3 aromatic rings. The van der Waals surface area contributed by atoms with Crippen LogP contribution in [0.4, 0.5) is 11.5 Å². The fourth-order valence-electron chi connectivity index (χ4n) is 5.39. The summed E-state index contributed by atoms with van der Waals surface area (Å²) in [5, 5.41) is 12.1. The van der Waals surface area contributed by atoms with Gasteiger partial charge in [0, 0.05) is 41.3 Å². The molecule has 2 aromatic heterocycles. The third kappa shape index (κ3) is 3.18. The lowest BCUT2D eigenvalue weighted by atomic mass is 9.75. The van der Waals surface area contributed by atoms with Gasteiger partial charge >= 0.3 is 0 Å². The van der Waals surface area contributed by atoms with Gasteiger partial charge in [-0.05, 0) is 49.3 Å². The molecule has 0 saturated heterocycles. The maximum atomic E-state index is 12.9. The highest BCUT2D eigenvalue weighted by atomic mass is 16.1. The molecule has 0 spiro atoms. The molecular formula is C24H31N5O. The van der Waals surface area contributed by atoms with E-state index in [2.05, 4.69) is 52.3 Å². The van der Waals surface area contributed by atoms with E-state index in [1.165, 1.54) is 32.1 Å². The van der Waals surface area contributed by atoms with Crippen LogP contribution in [0, 0.1) is 12.3 Å². The van der Waals surface area contributed by atoms with E-state index in [0.717, 1.165) is 45.5 Å². The summed E-state index contributed by atoms with van der Waals surface area (Å²) in [4.78, 5) is 12.9. The van der Waals surface area contributed by atoms with Gasteiger partial charge in [-0.15, -0.1) is 0 Å². The van der Waals surface area contributed by atoms with Crippen molar-refractivity contribution in [1.82, 2.24) is 14.8 Å². The molecule has 1 saturated carbocycles. The Hall–Kier alpha value is -2.76. The molecule has 2 heterocycles. The highest BCUT2D eigenvalue weighted by Gasteiger charge is 2.35. The Morgan fingerprint density at radius 2 is 1.97 bits per heavy atom. The molecule has 30 heavy (non-hydrogen) atoms. The number of Topliss-reactive ketones (excluding diaryl/α,β-unsaturated/α-hetero) is 1. The topological polar surface area (TPSA) is 88.7 Å². The minimum atomic E-state index is -0.0294. The van der Waals surface area contributed by atoms with Crippen molar-refractivity contribution in [2.45, 2.75) is 71.8 Å². The van der Waals surface area contributed by atoms with Crippen molar-refractivity contribution in [1.29, 1.82) is 0 Å². The molecule has 0 atom stereocenters. The Balaban J connectivity index is 1.64. The number of aromatic nitrogens is 3. The number of benzene rings is 1. The monoisotopic (exact) mass is 405 g/mol. The minimum Gasteiger partial charge on any atom is -0.382 e. The number of aryl methyl sites for hydroxylation is 1. The van der Waals surface area contributed by atoms with Gasteiger partial charge in [0.25, 0.3) is 0 Å². The maximum absolute atomic E-state index is 12.9. The predicted molar refractivity (Wildman–Crippen MR) is 121 cm³/mol. The van der Waals surface area contributed by atoms with E-state index in [1.54, 1.807) is 0 Å². The van der Waals surface area contributed by atoms with E-state index < -0.39 is 0 Å². The number of hydrogen-bond donors (Lipinski definition) is 3. The summed E-state index contributed by atoms with van der Waals surface area (Å²) in [5.74, 6) is 0.779. The quantitative estimate of drug-likeness (QED) is 0.563. The molecule has 1 aromatic carbocycles. The second-order valence-electron chi connectivity index (χ2n) is 9.95. The third-order valence-electron chi connectivity index (χ3n) is 6.78. The van der Waals surface area contributed by atoms with Crippen LogP contribution in [0.2, 0.25) is 0 Å². The SMILES string of the molecule is Cc1cn(-c2cc(NC3CCCCC3)c3c(N)n[nH]c3c2)c2c1C(=O)CC(C)(C)C2. The smallest absolute Gasteiger partial charge is 0.165 e. The van der Waals surface area contributed by atoms with Crippen molar-refractivity contribution in [3.63, 3.8) is 0 Å². The molecule has 158 valence electrons. The number of carbonyl (C=O) groups is 1. The van der Waals surface area contributed by atoms with Crippen molar-refractivity contribution < 1.29 is 4.79 Å². The summed E-state index contributed by atoms with van der Waals surface area (Å²) >= 11 is 0. The molecule has 0 radical (unpaired) electrons. The van der Waals surface area contributed by atoms with Gasteiger partial charge in [0.1, 0.15) is 0 Å². The number of anilines is 2. The van der Waals surface area contributed by atoms with Gasteiger partial charge in [-0.1, -0.05) is 33.1 Å². The van der Waals surface area contributed by atoms with Crippen LogP contribution in [0.15, 0.2) is 18.3 Å². The van der Waals surface area contributed by atoms with Crippen LogP contribution in [0.5, 0.6) is 0 Å². The zero-order valence-electron chi connectivity index (χ0n) is 18.1. The molecule has 2 aliphatic carbocycles. The molecule has 0 unspecified atom stereocenters. The number of fused-ring (bicyclic) bond motifs is 2. The Morgan fingerprint density at radius 3 is 2.73 bits per heavy atom. The number of nitrogen functional groups attached to an aromatic ring is 1. The number of aromatic amines is 1. The fraction of sp³-hybridized carbons (Fsp3) is 0.500. The average molecular weight is 406 g/mol. The molecule has 4 N–H and O–H groups in total. The predicted octanol–water partition coefficient (Wildman–Crippen LogP) is 5.14. The molecule has 0 aliphatic heterocycles. The Bertz CT molecular complexity index is 1130. The van der Waals surface area contributed by atoms with E-state index in [1.807, 2.05) is 6.92 Å². The molecule has 1 fully saturated rings. The second-order valence-corrected chi connectivity index (χ2v) is 9.95. The van der Waals surface area contributed by atoms with Crippen molar-refractivity contribution in [2.24, 2.45) is 5.41 Å². The second kappa shape index (κ2) is 6.89. The summed E-state index contributed by atoms with van der Waals surface area (Å²) in [7, 11) is 0. The van der Waals surface area contributed by atoms with E-state index in [-0.39, 0.29) is 11.2 Å². The summed E-state index contributed by atoms with van der Waals surface area (Å²) in [6.07, 6.45) is 9.82. The van der Waals surface area contributed by atoms with Crippen molar-refractivity contribution in [3.05, 3.63) is 35.2 Å². The minimum absolute atomic E-state index is 0.0294. The standard InChI is InChI=1S/C24H31N5O/c1-14-13-29(19-11-24(2,3)12-20(30)21(14)19)16-9-17(26-15-7-5-4-6-8-15)22-18(10-16)27-28-23(22)25/h9-10,13,15,26H,4-8,11-12H2,1-3H3,(H3,25,27,28).